The molecular weight excluding hydrogens is 188 g/mol. The molecule has 0 aromatic carbocycles. The fourth-order valence-corrected chi connectivity index (χ4v) is 1.54. The Bertz CT molecular complexity index is 235. The molecule has 0 saturated heterocycles. The first-order valence-electron chi connectivity index (χ1n) is 5.88. The summed E-state index contributed by atoms with van der Waals surface area (Å²) in [5.41, 5.74) is -0.393. The van der Waals surface area contributed by atoms with E-state index >= 15 is 0 Å². The van der Waals surface area contributed by atoms with Gasteiger partial charge in [-0.25, -0.2) is 0 Å². The van der Waals surface area contributed by atoms with Crippen LogP contribution in [-0.2, 0) is 9.53 Å². The van der Waals surface area contributed by atoms with Crippen LogP contribution in [0, 0.1) is 5.41 Å². The maximum Gasteiger partial charge on any atom is 0.311 e. The molecule has 15 heavy (non-hydrogen) atoms. The lowest BCUT2D eigenvalue weighted by Gasteiger charge is -2.22. The molecule has 1 rings (SSSR count). The van der Waals surface area contributed by atoms with E-state index in [2.05, 4.69) is 6.08 Å². The maximum atomic E-state index is 11.7. The zero-order valence-electron chi connectivity index (χ0n) is 10.1. The Kier molecular flexibility index (Phi) is 4.37. The second-order valence-electron chi connectivity index (χ2n) is 5.26. The molecule has 0 saturated carbocycles. The molecule has 2 nitrogen and oxygen atoms in total. The Labute approximate surface area is 92.7 Å². The lowest BCUT2D eigenvalue weighted by molar-refractivity contribution is -0.156. The molecule has 1 atom stereocenters. The van der Waals surface area contributed by atoms with Gasteiger partial charge in [-0.05, 0) is 52.5 Å². The van der Waals surface area contributed by atoms with Gasteiger partial charge in [0.05, 0.1) is 5.41 Å². The van der Waals surface area contributed by atoms with Crippen LogP contribution >= 0.6 is 0 Å². The van der Waals surface area contributed by atoms with Gasteiger partial charge in [0.15, 0.2) is 0 Å². The van der Waals surface area contributed by atoms with Crippen molar-refractivity contribution in [3.63, 3.8) is 0 Å². The number of hydrogen-bond acceptors (Lipinski definition) is 2. The van der Waals surface area contributed by atoms with E-state index in [-0.39, 0.29) is 12.1 Å². The summed E-state index contributed by atoms with van der Waals surface area (Å²) in [6.45, 7) is 5.67. The van der Waals surface area contributed by atoms with E-state index in [0.717, 1.165) is 19.3 Å². The van der Waals surface area contributed by atoms with E-state index in [1.807, 2.05) is 26.8 Å². The fraction of sp³-hybridized carbons (Fsp3) is 0.769. The highest BCUT2D eigenvalue weighted by molar-refractivity contribution is 5.75. The van der Waals surface area contributed by atoms with Crippen molar-refractivity contribution in [2.75, 3.05) is 0 Å². The van der Waals surface area contributed by atoms with Crippen molar-refractivity contribution < 1.29 is 9.53 Å². The molecule has 86 valence electrons. The minimum absolute atomic E-state index is 0.00275. The van der Waals surface area contributed by atoms with Crippen molar-refractivity contribution in [2.45, 2.75) is 59.0 Å². The molecule has 0 unspecified atom stereocenters. The Morgan fingerprint density at radius 3 is 2.67 bits per heavy atom. The van der Waals surface area contributed by atoms with Gasteiger partial charge >= 0.3 is 5.97 Å². The predicted molar refractivity (Wildman–Crippen MR) is 61.6 cm³/mol. The topological polar surface area (TPSA) is 26.3 Å². The molecule has 0 radical (unpaired) electrons. The first kappa shape index (κ1) is 12.3. The first-order chi connectivity index (χ1) is 7.00. The summed E-state index contributed by atoms with van der Waals surface area (Å²) in [7, 11) is 0. The smallest absolute Gasteiger partial charge is 0.311 e. The molecule has 1 aliphatic carbocycles. The van der Waals surface area contributed by atoms with Gasteiger partial charge in [0.1, 0.15) is 6.10 Å². The molecular formula is C13H22O2. The standard InChI is InChI=1S/C13H22O2/c1-13(2,3)12(14)15-11-9-7-5-4-6-8-10-11/h7,9,11H,4-6,8,10H2,1-3H3/b9-7+/t11-/m1/s1. The third-order valence-electron chi connectivity index (χ3n) is 2.58. The summed E-state index contributed by atoms with van der Waals surface area (Å²) in [6.07, 6.45) is 9.93. The molecule has 1 aliphatic rings. The lowest BCUT2D eigenvalue weighted by Crippen LogP contribution is -2.27. The van der Waals surface area contributed by atoms with E-state index in [0.29, 0.717) is 0 Å². The van der Waals surface area contributed by atoms with Crippen LogP contribution in [0.3, 0.4) is 0 Å². The van der Waals surface area contributed by atoms with Gasteiger partial charge in [-0.1, -0.05) is 12.5 Å². The van der Waals surface area contributed by atoms with Gasteiger partial charge in [-0.15, -0.1) is 0 Å². The predicted octanol–water partition coefficient (Wildman–Crippen LogP) is 3.46. The van der Waals surface area contributed by atoms with Crippen molar-refractivity contribution in [3.05, 3.63) is 12.2 Å². The Hall–Kier alpha value is -0.790. The number of rotatable bonds is 1. The third-order valence-corrected chi connectivity index (χ3v) is 2.58. The summed E-state index contributed by atoms with van der Waals surface area (Å²) in [6, 6.07) is 0. The van der Waals surface area contributed by atoms with E-state index in [4.69, 9.17) is 4.74 Å². The van der Waals surface area contributed by atoms with Crippen molar-refractivity contribution >= 4 is 5.97 Å². The number of esters is 1. The number of ether oxygens (including phenoxy) is 1. The van der Waals surface area contributed by atoms with Crippen molar-refractivity contribution in [1.29, 1.82) is 0 Å². The molecule has 0 aromatic rings. The number of allylic oxidation sites excluding steroid dienone is 1. The Balaban J connectivity index is 2.48. The minimum atomic E-state index is -0.393. The number of carbonyl (C=O) groups excluding carboxylic acids is 1. The highest BCUT2D eigenvalue weighted by atomic mass is 16.5. The van der Waals surface area contributed by atoms with Gasteiger partial charge in [-0.3, -0.25) is 4.79 Å². The number of carbonyl (C=O) groups is 1. The molecule has 0 bridgehead atoms. The monoisotopic (exact) mass is 210 g/mol. The zero-order chi connectivity index (χ0) is 11.3. The third kappa shape index (κ3) is 4.50. The average Bonchev–Trinajstić information content (AvgIpc) is 2.07. The zero-order valence-corrected chi connectivity index (χ0v) is 10.1. The molecule has 0 N–H and O–H groups in total. The first-order valence-corrected chi connectivity index (χ1v) is 5.88. The van der Waals surface area contributed by atoms with Crippen LogP contribution in [0.4, 0.5) is 0 Å². The highest BCUT2D eigenvalue weighted by Crippen LogP contribution is 2.20. The van der Waals surface area contributed by atoms with Crippen LogP contribution in [0.25, 0.3) is 0 Å². The molecule has 0 aliphatic heterocycles. The molecule has 0 fully saturated rings. The molecule has 0 aromatic heterocycles. The summed E-state index contributed by atoms with van der Waals surface area (Å²) in [5.74, 6) is -0.0993. The van der Waals surface area contributed by atoms with Gasteiger partial charge < -0.3 is 4.74 Å². The van der Waals surface area contributed by atoms with E-state index < -0.39 is 5.41 Å². The Morgan fingerprint density at radius 1 is 1.27 bits per heavy atom. The maximum absolute atomic E-state index is 11.7. The summed E-state index contributed by atoms with van der Waals surface area (Å²) in [4.78, 5) is 11.7. The largest absolute Gasteiger partial charge is 0.458 e. The molecule has 0 amide bonds. The SMILES string of the molecule is CC(C)(C)C(=O)O[C@@H]1/C=C/CCCCC1. The van der Waals surface area contributed by atoms with Crippen LogP contribution in [0.1, 0.15) is 52.9 Å². The van der Waals surface area contributed by atoms with Crippen molar-refractivity contribution in [1.82, 2.24) is 0 Å². The second-order valence-corrected chi connectivity index (χ2v) is 5.26. The van der Waals surface area contributed by atoms with E-state index in [1.54, 1.807) is 0 Å². The quantitative estimate of drug-likeness (QED) is 0.489. The minimum Gasteiger partial charge on any atom is -0.458 e. The summed E-state index contributed by atoms with van der Waals surface area (Å²) in [5, 5.41) is 0. The van der Waals surface area contributed by atoms with Crippen LogP contribution < -0.4 is 0 Å². The van der Waals surface area contributed by atoms with E-state index in [1.165, 1.54) is 12.8 Å². The second kappa shape index (κ2) is 5.34. The Morgan fingerprint density at radius 2 is 2.00 bits per heavy atom. The van der Waals surface area contributed by atoms with Gasteiger partial charge in [-0.2, -0.15) is 0 Å². The lowest BCUT2D eigenvalue weighted by atomic mass is 9.97. The highest BCUT2D eigenvalue weighted by Gasteiger charge is 2.25. The van der Waals surface area contributed by atoms with E-state index in [9.17, 15) is 4.79 Å². The van der Waals surface area contributed by atoms with Crippen LogP contribution in [0.5, 0.6) is 0 Å². The average molecular weight is 210 g/mol. The number of hydrogen-bond donors (Lipinski definition) is 0. The molecule has 0 heterocycles. The van der Waals surface area contributed by atoms with Gasteiger partial charge in [0.2, 0.25) is 0 Å². The fourth-order valence-electron chi connectivity index (χ4n) is 1.54. The molecule has 0 spiro atoms. The van der Waals surface area contributed by atoms with Crippen LogP contribution in [-0.4, -0.2) is 12.1 Å². The van der Waals surface area contributed by atoms with Gasteiger partial charge in [0, 0.05) is 0 Å². The normalized spacial score (nSPS) is 25.1. The van der Waals surface area contributed by atoms with Gasteiger partial charge in [0.25, 0.3) is 0 Å². The van der Waals surface area contributed by atoms with Crippen molar-refractivity contribution in [3.8, 4) is 0 Å². The summed E-state index contributed by atoms with van der Waals surface area (Å²) < 4.78 is 5.47. The van der Waals surface area contributed by atoms with Crippen LogP contribution in [0.15, 0.2) is 12.2 Å². The van der Waals surface area contributed by atoms with Crippen molar-refractivity contribution in [2.24, 2.45) is 5.41 Å². The molecule has 2 heteroatoms. The van der Waals surface area contributed by atoms with Crippen LogP contribution in [0.2, 0.25) is 0 Å². The summed E-state index contributed by atoms with van der Waals surface area (Å²) >= 11 is 0.